The molecule has 32 heavy (non-hydrogen) atoms. The van der Waals surface area contributed by atoms with Gasteiger partial charge in [0, 0.05) is 0 Å². The van der Waals surface area contributed by atoms with Gasteiger partial charge in [0.05, 0.1) is 59.7 Å². The Hall–Kier alpha value is -3.26. The minimum absolute atomic E-state index is 0. The van der Waals surface area contributed by atoms with Crippen LogP contribution < -0.4 is 51.1 Å². The second-order valence-electron chi connectivity index (χ2n) is 2.87. The Kier molecular flexibility index (Phi) is 40.6. The van der Waals surface area contributed by atoms with Gasteiger partial charge in [-0.25, -0.2) is 0 Å². The molecule has 0 fully saturated rings. The van der Waals surface area contributed by atoms with Crippen molar-refractivity contribution in [3.8, 4) is 0 Å². The van der Waals surface area contributed by atoms with Crippen molar-refractivity contribution in [3.05, 3.63) is 0 Å². The number of hydrogen-bond donors (Lipinski definition) is 0. The van der Waals surface area contributed by atoms with Crippen molar-refractivity contribution in [1.29, 1.82) is 0 Å². The zero-order valence-corrected chi connectivity index (χ0v) is 21.6. The summed E-state index contributed by atoms with van der Waals surface area (Å²) in [6.45, 7) is 0. The molecule has 22 heteroatoms. The van der Waals surface area contributed by atoms with E-state index in [0.29, 0.717) is 0 Å². The van der Waals surface area contributed by atoms with Crippen molar-refractivity contribution in [3.63, 3.8) is 0 Å². The molecule has 0 saturated carbocycles. The number of rotatable bonds is 0. The van der Waals surface area contributed by atoms with Crippen LogP contribution >= 0.6 is 0 Å². The maximum absolute atomic E-state index is 8.93. The number of aliphatic carboxylic acids is 10. The van der Waals surface area contributed by atoms with Crippen LogP contribution in [0.25, 0.3) is 0 Å². The van der Waals surface area contributed by atoms with E-state index in [2.05, 4.69) is 0 Å². The average molecular weight is 922 g/mol. The SMILES string of the molecule is O=C([O-])C(=O)[O-].O=C([O-])C(=O)[O-].O=C([O-])C(=O)[O-].O=C([O-])C(=O)[O-].O=C([O-])C(=O)[O-].[Pu+4].[U+6]. The summed E-state index contributed by atoms with van der Waals surface area (Å²) in [7, 11) is 0. The molecule has 0 N–H and O–H groups in total. The molecular weight excluding hydrogens is 922 g/mol. The van der Waals surface area contributed by atoms with Crippen LogP contribution in [0.2, 0.25) is 0 Å². The molecule has 0 unspecified atom stereocenters. The predicted molar refractivity (Wildman–Crippen MR) is 50.1 cm³/mol. The van der Waals surface area contributed by atoms with Crippen molar-refractivity contribution >= 4 is 59.7 Å². The Balaban J connectivity index is -0.0000000481. The number of hydrogen-bond acceptors (Lipinski definition) is 20. The summed E-state index contributed by atoms with van der Waals surface area (Å²) in [6.07, 6.45) is 0. The molecule has 0 spiro atoms. The van der Waals surface area contributed by atoms with E-state index in [9.17, 15) is 0 Å². The van der Waals surface area contributed by atoms with Crippen LogP contribution in [0.1, 0.15) is 0 Å². The van der Waals surface area contributed by atoms with Gasteiger partial charge in [0.15, 0.2) is 0 Å². The molecule has 0 aliphatic carbocycles. The number of carbonyl (C=O) groups is 10. The minimum atomic E-state index is -2.19. The first-order chi connectivity index (χ1) is 13.2. The van der Waals surface area contributed by atoms with Gasteiger partial charge in [-0.1, -0.05) is 0 Å². The normalized spacial score (nSPS) is 6.88. The molecular formula is C10O20PuU. The largest absolute Gasteiger partial charge is 6.00 e. The summed E-state index contributed by atoms with van der Waals surface area (Å²) in [6, 6.07) is 0. The molecule has 0 bridgehead atoms. The number of carboxylic acid groups (broad SMARTS) is 10. The molecule has 0 aromatic heterocycles. The van der Waals surface area contributed by atoms with Gasteiger partial charge >= 0.3 is 60.3 Å². The van der Waals surface area contributed by atoms with Crippen molar-refractivity contribution < 1.29 is 159 Å². The first kappa shape index (κ1) is 46.8. The fourth-order valence-corrected chi connectivity index (χ4v) is 0. The zero-order valence-electron chi connectivity index (χ0n) is 14.1. The predicted octanol–water partition coefficient (Wildman–Crippen LogP) is -17.6. The van der Waals surface area contributed by atoms with Crippen LogP contribution in [0, 0.1) is 60.3 Å². The summed E-state index contributed by atoms with van der Waals surface area (Å²) in [5.41, 5.74) is 0. The summed E-state index contributed by atoms with van der Waals surface area (Å²) in [5, 5.41) is 89.3. The molecule has 0 rings (SSSR count). The van der Waals surface area contributed by atoms with E-state index >= 15 is 0 Å². The molecule has 0 aromatic rings. The third kappa shape index (κ3) is 63.2. The first-order valence-corrected chi connectivity index (χ1v) is 5.33. The average Bonchev–Trinajstić information content (AvgIpc) is 2.56. The fourth-order valence-electron chi connectivity index (χ4n) is 0. The van der Waals surface area contributed by atoms with Gasteiger partial charge < -0.3 is 99.0 Å². The molecule has 0 amide bonds. The summed E-state index contributed by atoms with van der Waals surface area (Å²) < 4.78 is 0. The zero-order chi connectivity index (χ0) is 25.8. The van der Waals surface area contributed by atoms with Crippen LogP contribution in [-0.4, -0.2) is 59.7 Å². The van der Waals surface area contributed by atoms with Crippen molar-refractivity contribution in [2.24, 2.45) is 0 Å². The molecule has 0 radical (unpaired) electrons. The molecule has 20 nitrogen and oxygen atoms in total. The van der Waals surface area contributed by atoms with E-state index in [-0.39, 0.29) is 60.3 Å². The number of carbonyl (C=O) groups excluding carboxylic acids is 10. The smallest absolute Gasteiger partial charge is 0.543 e. The Bertz CT molecular complexity index is 510. The van der Waals surface area contributed by atoms with Crippen molar-refractivity contribution in [1.82, 2.24) is 0 Å². The van der Waals surface area contributed by atoms with Gasteiger partial charge in [0.25, 0.3) is 0 Å². The Morgan fingerprint density at radius 1 is 0.250 bits per heavy atom. The van der Waals surface area contributed by atoms with Crippen LogP contribution in [0.3, 0.4) is 0 Å². The summed E-state index contributed by atoms with van der Waals surface area (Å²) in [5.74, 6) is -21.9. The second kappa shape index (κ2) is 27.7. The van der Waals surface area contributed by atoms with Crippen molar-refractivity contribution in [2.75, 3.05) is 0 Å². The molecule has 170 valence electrons. The van der Waals surface area contributed by atoms with Crippen molar-refractivity contribution in [2.45, 2.75) is 0 Å². The Labute approximate surface area is 218 Å². The second-order valence-corrected chi connectivity index (χ2v) is 2.87. The van der Waals surface area contributed by atoms with E-state index in [1.54, 1.807) is 0 Å². The first-order valence-electron chi connectivity index (χ1n) is 5.33. The maximum atomic E-state index is 8.93. The third-order valence-electron chi connectivity index (χ3n) is 0.833. The Morgan fingerprint density at radius 3 is 0.281 bits per heavy atom. The van der Waals surface area contributed by atoms with Gasteiger partial charge in [0.2, 0.25) is 0 Å². The monoisotopic (exact) mass is 916 g/mol. The summed E-state index contributed by atoms with van der Waals surface area (Å²) >= 11 is 0. The van der Waals surface area contributed by atoms with Crippen LogP contribution in [0.4, 0.5) is 0 Å². The quantitative estimate of drug-likeness (QED) is 0.204. The minimum Gasteiger partial charge on any atom is -0.543 e. The van der Waals surface area contributed by atoms with E-state index in [1.807, 2.05) is 0 Å². The van der Waals surface area contributed by atoms with E-state index in [1.165, 1.54) is 0 Å². The van der Waals surface area contributed by atoms with Crippen LogP contribution in [0.5, 0.6) is 0 Å². The van der Waals surface area contributed by atoms with Gasteiger partial charge in [-0.3, -0.25) is 0 Å². The fraction of sp³-hybridized carbons (Fsp3) is 0. The van der Waals surface area contributed by atoms with Gasteiger partial charge in [-0.15, -0.1) is 0 Å². The molecule has 0 saturated heterocycles. The van der Waals surface area contributed by atoms with Gasteiger partial charge in [-0.05, 0) is 0 Å². The topological polar surface area (TPSA) is 401 Å². The van der Waals surface area contributed by atoms with Gasteiger partial charge in [0.1, 0.15) is 0 Å². The van der Waals surface area contributed by atoms with E-state index < -0.39 is 59.7 Å². The molecule has 0 aromatic carbocycles. The van der Waals surface area contributed by atoms with Crippen LogP contribution in [0.15, 0.2) is 0 Å². The molecule has 0 atom stereocenters. The number of carboxylic acids is 10. The Morgan fingerprint density at radius 2 is 0.281 bits per heavy atom. The summed E-state index contributed by atoms with van der Waals surface area (Å²) in [4.78, 5) is 89.3. The molecule has 0 aliphatic rings. The standard InChI is InChI=1S/5C2H2O4.Pu.U/c5*3-1(4)2(5)6;;/h5*(H,3,4)(H,5,6);;/q;;;;;+4;+6/p-10. The van der Waals surface area contributed by atoms with Crippen LogP contribution in [-0.2, 0) is 47.9 Å². The van der Waals surface area contributed by atoms with E-state index in [4.69, 9.17) is 99.0 Å². The molecule has 0 heterocycles. The van der Waals surface area contributed by atoms with Gasteiger partial charge in [-0.2, -0.15) is 0 Å². The van der Waals surface area contributed by atoms with E-state index in [0.717, 1.165) is 0 Å². The third-order valence-corrected chi connectivity index (χ3v) is 0.833. The maximum Gasteiger partial charge on any atom is 6.00 e. The molecule has 0 aliphatic heterocycles.